The lowest BCUT2D eigenvalue weighted by molar-refractivity contribution is -0.135. The van der Waals surface area contributed by atoms with E-state index in [4.69, 9.17) is 32.5 Å². The molecule has 0 unspecified atom stereocenters. The fraction of sp³-hybridized carbons (Fsp3) is 0.318. The van der Waals surface area contributed by atoms with Crippen molar-refractivity contribution >= 4 is 29.1 Å². The van der Waals surface area contributed by atoms with Crippen molar-refractivity contribution in [2.45, 2.75) is 13.5 Å². The summed E-state index contributed by atoms with van der Waals surface area (Å²) in [7, 11) is 0. The van der Waals surface area contributed by atoms with Crippen LogP contribution in [0.1, 0.15) is 11.5 Å². The number of amides is 1. The topological polar surface area (TPSA) is 71.7 Å². The Bertz CT molecular complexity index is 1050. The van der Waals surface area contributed by atoms with Crippen LogP contribution in [0.4, 0.5) is 0 Å². The van der Waals surface area contributed by atoms with Crippen molar-refractivity contribution in [2.75, 3.05) is 32.8 Å². The molecule has 0 radical (unpaired) electrons. The lowest BCUT2D eigenvalue weighted by atomic mass is 10.1. The fourth-order valence-corrected chi connectivity index (χ4v) is 3.77. The third-order valence-electron chi connectivity index (χ3n) is 5.11. The Balaban J connectivity index is 1.25. The molecule has 0 aliphatic carbocycles. The Morgan fingerprint density at radius 1 is 1.10 bits per heavy atom. The first kappa shape index (κ1) is 21.6. The van der Waals surface area contributed by atoms with Gasteiger partial charge in [-0.25, -0.2) is 0 Å². The predicted octanol–water partition coefficient (Wildman–Crippen LogP) is 4.08. The van der Waals surface area contributed by atoms with Gasteiger partial charge in [0.05, 0.1) is 11.6 Å². The minimum atomic E-state index is -0.0786. The minimum absolute atomic E-state index is 0.0646. The normalized spacial score (nSPS) is 14.6. The monoisotopic (exact) mass is 460 g/mol. The molecule has 31 heavy (non-hydrogen) atoms. The van der Waals surface area contributed by atoms with Gasteiger partial charge < -0.3 is 14.2 Å². The van der Waals surface area contributed by atoms with Crippen molar-refractivity contribution in [1.29, 1.82) is 0 Å². The van der Waals surface area contributed by atoms with Crippen LogP contribution in [0.3, 0.4) is 0 Å². The molecule has 0 spiro atoms. The molecular formula is C22H22Cl2N4O3. The van der Waals surface area contributed by atoms with Gasteiger partial charge in [-0.2, -0.15) is 4.98 Å². The molecular weight excluding hydrogens is 439 g/mol. The number of aromatic nitrogens is 2. The van der Waals surface area contributed by atoms with E-state index in [0.29, 0.717) is 47.1 Å². The zero-order valence-corrected chi connectivity index (χ0v) is 18.6. The lowest BCUT2D eigenvalue weighted by Gasteiger charge is -2.33. The van der Waals surface area contributed by atoms with Crippen molar-refractivity contribution in [3.63, 3.8) is 0 Å². The van der Waals surface area contributed by atoms with E-state index in [-0.39, 0.29) is 12.5 Å². The Morgan fingerprint density at radius 3 is 2.55 bits per heavy atom. The summed E-state index contributed by atoms with van der Waals surface area (Å²) in [5.41, 5.74) is 2.11. The summed E-state index contributed by atoms with van der Waals surface area (Å²) in [5, 5.41) is 4.98. The van der Waals surface area contributed by atoms with Crippen LogP contribution in [-0.2, 0) is 11.3 Å². The summed E-state index contributed by atoms with van der Waals surface area (Å²) in [6.45, 7) is 5.17. The number of benzene rings is 2. The van der Waals surface area contributed by atoms with Gasteiger partial charge in [0, 0.05) is 36.8 Å². The molecule has 162 valence electrons. The molecule has 4 rings (SSSR count). The van der Waals surface area contributed by atoms with E-state index in [1.54, 1.807) is 23.1 Å². The van der Waals surface area contributed by atoms with Crippen LogP contribution in [0.15, 0.2) is 47.0 Å². The molecule has 1 aliphatic heterocycles. The SMILES string of the molecule is Cc1ccc(-c2noc(CN3CCN(C(=O)COc4ccc(Cl)cc4Cl)CC3)n2)cc1. The first-order valence-corrected chi connectivity index (χ1v) is 10.7. The number of hydrogen-bond acceptors (Lipinski definition) is 6. The molecule has 7 nitrogen and oxygen atoms in total. The average Bonchev–Trinajstić information content (AvgIpc) is 3.22. The largest absolute Gasteiger partial charge is 0.482 e. The van der Waals surface area contributed by atoms with E-state index in [0.717, 1.165) is 18.7 Å². The number of nitrogens with zero attached hydrogens (tertiary/aromatic N) is 4. The Kier molecular flexibility index (Phi) is 6.75. The smallest absolute Gasteiger partial charge is 0.260 e. The fourth-order valence-electron chi connectivity index (χ4n) is 3.31. The first-order chi connectivity index (χ1) is 15.0. The maximum atomic E-state index is 12.5. The highest BCUT2D eigenvalue weighted by atomic mass is 35.5. The highest BCUT2D eigenvalue weighted by molar-refractivity contribution is 6.35. The summed E-state index contributed by atoms with van der Waals surface area (Å²) in [4.78, 5) is 20.9. The molecule has 1 aliphatic rings. The number of aryl methyl sites for hydroxylation is 1. The number of rotatable bonds is 6. The molecule has 3 aromatic rings. The molecule has 0 atom stereocenters. The number of halogens is 2. The van der Waals surface area contributed by atoms with E-state index in [2.05, 4.69) is 15.0 Å². The summed E-state index contributed by atoms with van der Waals surface area (Å²) in [6.07, 6.45) is 0. The van der Waals surface area contributed by atoms with Crippen molar-refractivity contribution in [3.05, 3.63) is 64.0 Å². The van der Waals surface area contributed by atoms with Gasteiger partial charge in [0.15, 0.2) is 6.61 Å². The van der Waals surface area contributed by atoms with Crippen molar-refractivity contribution in [2.24, 2.45) is 0 Å². The van der Waals surface area contributed by atoms with Crippen LogP contribution in [0, 0.1) is 6.92 Å². The van der Waals surface area contributed by atoms with Crippen molar-refractivity contribution in [3.8, 4) is 17.1 Å². The molecule has 2 aromatic carbocycles. The molecule has 0 saturated carbocycles. The molecule has 1 fully saturated rings. The van der Waals surface area contributed by atoms with Crippen LogP contribution in [-0.4, -0.2) is 58.6 Å². The average molecular weight is 461 g/mol. The third-order valence-corrected chi connectivity index (χ3v) is 5.64. The van der Waals surface area contributed by atoms with Gasteiger partial charge in [-0.1, -0.05) is 58.2 Å². The molecule has 1 aromatic heterocycles. The zero-order chi connectivity index (χ0) is 21.8. The summed E-state index contributed by atoms with van der Waals surface area (Å²) in [6, 6.07) is 12.9. The molecule has 0 bridgehead atoms. The van der Waals surface area contributed by atoms with E-state index in [9.17, 15) is 4.79 Å². The number of ether oxygens (including phenoxy) is 1. The van der Waals surface area contributed by atoms with Gasteiger partial charge >= 0.3 is 0 Å². The quantitative estimate of drug-likeness (QED) is 0.551. The number of carbonyl (C=O) groups is 1. The molecule has 1 amide bonds. The maximum absolute atomic E-state index is 12.5. The van der Waals surface area contributed by atoms with E-state index < -0.39 is 0 Å². The second-order valence-electron chi connectivity index (χ2n) is 7.40. The van der Waals surface area contributed by atoms with Crippen molar-refractivity contribution in [1.82, 2.24) is 19.9 Å². The highest BCUT2D eigenvalue weighted by Gasteiger charge is 2.23. The third kappa shape index (κ3) is 5.55. The number of hydrogen-bond donors (Lipinski definition) is 0. The zero-order valence-electron chi connectivity index (χ0n) is 17.1. The van der Waals surface area contributed by atoms with Gasteiger partial charge in [0.25, 0.3) is 5.91 Å². The van der Waals surface area contributed by atoms with Crippen LogP contribution >= 0.6 is 23.2 Å². The molecule has 2 heterocycles. The van der Waals surface area contributed by atoms with Crippen LogP contribution < -0.4 is 4.74 Å². The predicted molar refractivity (Wildman–Crippen MR) is 118 cm³/mol. The standard InChI is InChI=1S/C22H22Cl2N4O3/c1-15-2-4-16(5-3-15)22-25-20(31-26-22)13-27-8-10-28(11-9-27)21(29)14-30-19-7-6-17(23)12-18(19)24/h2-7,12H,8-11,13-14H2,1H3. The van der Waals surface area contributed by atoms with Crippen LogP contribution in [0.2, 0.25) is 10.0 Å². The van der Waals surface area contributed by atoms with Crippen LogP contribution in [0.25, 0.3) is 11.4 Å². The van der Waals surface area contributed by atoms with Gasteiger partial charge in [0.1, 0.15) is 5.75 Å². The second kappa shape index (κ2) is 9.68. The summed E-state index contributed by atoms with van der Waals surface area (Å²) in [5.74, 6) is 1.52. The Labute approximate surface area is 190 Å². The highest BCUT2D eigenvalue weighted by Crippen LogP contribution is 2.27. The Morgan fingerprint density at radius 2 is 1.84 bits per heavy atom. The van der Waals surface area contributed by atoms with E-state index >= 15 is 0 Å². The van der Waals surface area contributed by atoms with Gasteiger partial charge in [0.2, 0.25) is 11.7 Å². The van der Waals surface area contributed by atoms with E-state index in [1.165, 1.54) is 5.56 Å². The molecule has 9 heteroatoms. The summed E-state index contributed by atoms with van der Waals surface area (Å²) >= 11 is 12.0. The second-order valence-corrected chi connectivity index (χ2v) is 8.24. The van der Waals surface area contributed by atoms with Crippen molar-refractivity contribution < 1.29 is 14.1 Å². The van der Waals surface area contributed by atoms with Crippen LogP contribution in [0.5, 0.6) is 5.75 Å². The molecule has 1 saturated heterocycles. The first-order valence-electron chi connectivity index (χ1n) is 9.95. The van der Waals surface area contributed by atoms with Gasteiger partial charge in [-0.05, 0) is 25.1 Å². The number of carbonyl (C=O) groups excluding carboxylic acids is 1. The number of piperazine rings is 1. The molecule has 0 N–H and O–H groups in total. The van der Waals surface area contributed by atoms with Gasteiger partial charge in [-0.15, -0.1) is 0 Å². The summed E-state index contributed by atoms with van der Waals surface area (Å²) < 4.78 is 11.0. The minimum Gasteiger partial charge on any atom is -0.482 e. The van der Waals surface area contributed by atoms with E-state index in [1.807, 2.05) is 31.2 Å². The lowest BCUT2D eigenvalue weighted by Crippen LogP contribution is -2.49. The van der Waals surface area contributed by atoms with Gasteiger partial charge in [-0.3, -0.25) is 9.69 Å². The Hall–Kier alpha value is -2.61. The maximum Gasteiger partial charge on any atom is 0.260 e.